The molecule has 2 aromatic rings. The van der Waals surface area contributed by atoms with Crippen molar-refractivity contribution in [3.05, 3.63) is 59.4 Å². The van der Waals surface area contributed by atoms with Gasteiger partial charge in [-0.2, -0.15) is 5.10 Å². The van der Waals surface area contributed by atoms with Crippen molar-refractivity contribution in [2.75, 3.05) is 33.4 Å². The molecule has 0 atom stereocenters. The van der Waals surface area contributed by atoms with Crippen LogP contribution in [0, 0.1) is 0 Å². The van der Waals surface area contributed by atoms with Crippen LogP contribution in [0.1, 0.15) is 21.5 Å². The van der Waals surface area contributed by atoms with Crippen LogP contribution in [0.3, 0.4) is 0 Å². The van der Waals surface area contributed by atoms with E-state index < -0.39 is 0 Å². The highest BCUT2D eigenvalue weighted by Gasteiger charge is 2.13. The first-order valence-corrected chi connectivity index (χ1v) is 8.47. The lowest BCUT2D eigenvalue weighted by Gasteiger charge is -2.27. The standard InChI is InChI=1S/C19H22N4O3/c1-25-18-3-2-15(12-17(18)14-23-8-10-26-11-9-23)13-21-22-19(24)16-4-6-20-7-5-16/h2-7,12-13H,8-11,14H2,1H3,(H,22,24)/b21-13-. The van der Waals surface area contributed by atoms with E-state index in [4.69, 9.17) is 9.47 Å². The lowest BCUT2D eigenvalue weighted by atomic mass is 10.1. The molecule has 0 unspecified atom stereocenters. The fourth-order valence-corrected chi connectivity index (χ4v) is 2.74. The zero-order chi connectivity index (χ0) is 18.2. The minimum atomic E-state index is -0.272. The number of carbonyl (C=O) groups is 1. The molecule has 7 nitrogen and oxygen atoms in total. The van der Waals surface area contributed by atoms with Crippen molar-refractivity contribution >= 4 is 12.1 Å². The van der Waals surface area contributed by atoms with Gasteiger partial charge in [0.25, 0.3) is 5.91 Å². The number of pyridine rings is 1. The van der Waals surface area contributed by atoms with Crippen molar-refractivity contribution < 1.29 is 14.3 Å². The van der Waals surface area contributed by atoms with E-state index in [0.717, 1.165) is 49.7 Å². The van der Waals surface area contributed by atoms with Crippen LogP contribution in [0.5, 0.6) is 5.75 Å². The second-order valence-corrected chi connectivity index (χ2v) is 5.89. The Morgan fingerprint density at radius 2 is 2.08 bits per heavy atom. The molecule has 1 amide bonds. The van der Waals surface area contributed by atoms with E-state index >= 15 is 0 Å². The third-order valence-electron chi connectivity index (χ3n) is 4.12. The average molecular weight is 354 g/mol. The molecular weight excluding hydrogens is 332 g/mol. The summed E-state index contributed by atoms with van der Waals surface area (Å²) in [7, 11) is 1.67. The van der Waals surface area contributed by atoms with Gasteiger partial charge in [-0.1, -0.05) is 0 Å². The summed E-state index contributed by atoms with van der Waals surface area (Å²) in [5, 5.41) is 4.04. The number of amides is 1. The molecule has 2 heterocycles. The largest absolute Gasteiger partial charge is 0.496 e. The number of hydrogen-bond donors (Lipinski definition) is 1. The van der Waals surface area contributed by atoms with Gasteiger partial charge in [0.15, 0.2) is 0 Å². The minimum Gasteiger partial charge on any atom is -0.496 e. The van der Waals surface area contributed by atoms with Crippen molar-refractivity contribution in [2.45, 2.75) is 6.54 Å². The van der Waals surface area contributed by atoms with Crippen LogP contribution in [0.2, 0.25) is 0 Å². The molecule has 1 aliphatic rings. The highest BCUT2D eigenvalue weighted by molar-refractivity contribution is 5.94. The third kappa shape index (κ3) is 4.87. The summed E-state index contributed by atoms with van der Waals surface area (Å²) in [6.07, 6.45) is 4.77. The van der Waals surface area contributed by atoms with E-state index in [1.54, 1.807) is 37.9 Å². The molecule has 3 rings (SSSR count). The normalized spacial score (nSPS) is 15.1. The molecule has 1 fully saturated rings. The predicted molar refractivity (Wildman–Crippen MR) is 98.4 cm³/mol. The number of hydrazone groups is 1. The molecule has 1 saturated heterocycles. The summed E-state index contributed by atoms with van der Waals surface area (Å²) in [5.74, 6) is 0.570. The average Bonchev–Trinajstić information content (AvgIpc) is 2.69. The van der Waals surface area contributed by atoms with Gasteiger partial charge in [0.2, 0.25) is 0 Å². The van der Waals surface area contributed by atoms with Crippen molar-refractivity contribution in [1.82, 2.24) is 15.3 Å². The summed E-state index contributed by atoms with van der Waals surface area (Å²) in [4.78, 5) is 18.2. The number of nitrogens with zero attached hydrogens (tertiary/aromatic N) is 3. The topological polar surface area (TPSA) is 76.0 Å². The summed E-state index contributed by atoms with van der Waals surface area (Å²) < 4.78 is 10.9. The number of morpholine rings is 1. The van der Waals surface area contributed by atoms with Gasteiger partial charge in [-0.15, -0.1) is 0 Å². The molecule has 1 aromatic carbocycles. The molecule has 26 heavy (non-hydrogen) atoms. The van der Waals surface area contributed by atoms with Gasteiger partial charge in [0.05, 0.1) is 26.5 Å². The Labute approximate surface area is 152 Å². The Morgan fingerprint density at radius 1 is 1.31 bits per heavy atom. The molecule has 1 N–H and O–H groups in total. The number of aromatic nitrogens is 1. The monoisotopic (exact) mass is 354 g/mol. The van der Waals surface area contributed by atoms with Crippen molar-refractivity contribution in [1.29, 1.82) is 0 Å². The molecule has 136 valence electrons. The summed E-state index contributed by atoms with van der Waals surface area (Å²) >= 11 is 0. The smallest absolute Gasteiger partial charge is 0.271 e. The summed E-state index contributed by atoms with van der Waals surface area (Å²) in [6.45, 7) is 4.11. The zero-order valence-corrected chi connectivity index (χ0v) is 14.7. The Balaban J connectivity index is 1.65. The molecule has 1 aromatic heterocycles. The van der Waals surface area contributed by atoms with Crippen molar-refractivity contribution in [3.63, 3.8) is 0 Å². The molecule has 1 aliphatic heterocycles. The van der Waals surface area contributed by atoms with Crippen LogP contribution in [0.25, 0.3) is 0 Å². The molecular formula is C19H22N4O3. The first kappa shape index (κ1) is 18.0. The first-order valence-electron chi connectivity index (χ1n) is 8.47. The van der Waals surface area contributed by atoms with Crippen LogP contribution < -0.4 is 10.2 Å². The number of benzene rings is 1. The van der Waals surface area contributed by atoms with Gasteiger partial charge in [-0.25, -0.2) is 5.43 Å². The minimum absolute atomic E-state index is 0.272. The maximum atomic E-state index is 12.0. The quantitative estimate of drug-likeness (QED) is 0.631. The summed E-state index contributed by atoms with van der Waals surface area (Å²) in [6, 6.07) is 9.12. The van der Waals surface area contributed by atoms with E-state index in [1.165, 1.54) is 0 Å². The Hall–Kier alpha value is -2.77. The molecule has 0 aliphatic carbocycles. The number of hydrogen-bond acceptors (Lipinski definition) is 6. The highest BCUT2D eigenvalue weighted by atomic mass is 16.5. The van der Waals surface area contributed by atoms with E-state index in [9.17, 15) is 4.79 Å². The lowest BCUT2D eigenvalue weighted by Crippen LogP contribution is -2.35. The van der Waals surface area contributed by atoms with Gasteiger partial charge in [-0.3, -0.25) is 14.7 Å². The second-order valence-electron chi connectivity index (χ2n) is 5.89. The molecule has 0 radical (unpaired) electrons. The van der Waals surface area contributed by atoms with Crippen LogP contribution >= 0.6 is 0 Å². The SMILES string of the molecule is COc1ccc(/C=N\NC(=O)c2ccncc2)cc1CN1CCOCC1. The van der Waals surface area contributed by atoms with E-state index in [1.807, 2.05) is 18.2 Å². The fourth-order valence-electron chi connectivity index (χ4n) is 2.74. The predicted octanol–water partition coefficient (Wildman–Crippen LogP) is 1.69. The molecule has 0 saturated carbocycles. The number of ether oxygens (including phenoxy) is 2. The lowest BCUT2D eigenvalue weighted by molar-refractivity contribution is 0.0339. The van der Waals surface area contributed by atoms with Gasteiger partial charge in [0, 0.05) is 43.2 Å². The third-order valence-corrected chi connectivity index (χ3v) is 4.12. The Kier molecular flexibility index (Phi) is 6.29. The van der Waals surface area contributed by atoms with E-state index in [2.05, 4.69) is 20.4 Å². The number of nitrogens with one attached hydrogen (secondary N) is 1. The number of rotatable bonds is 6. The van der Waals surface area contributed by atoms with E-state index in [-0.39, 0.29) is 5.91 Å². The highest BCUT2D eigenvalue weighted by Crippen LogP contribution is 2.21. The summed E-state index contributed by atoms with van der Waals surface area (Å²) in [5.41, 5.74) is 5.01. The van der Waals surface area contributed by atoms with Gasteiger partial charge in [-0.05, 0) is 35.9 Å². The van der Waals surface area contributed by atoms with Crippen LogP contribution in [-0.2, 0) is 11.3 Å². The Morgan fingerprint density at radius 3 is 2.81 bits per heavy atom. The molecule has 0 spiro atoms. The van der Waals surface area contributed by atoms with E-state index in [0.29, 0.717) is 5.56 Å². The van der Waals surface area contributed by atoms with Crippen LogP contribution in [0.15, 0.2) is 47.8 Å². The zero-order valence-electron chi connectivity index (χ0n) is 14.7. The molecule has 0 bridgehead atoms. The number of methoxy groups -OCH3 is 1. The van der Waals surface area contributed by atoms with Gasteiger partial charge >= 0.3 is 0 Å². The maximum Gasteiger partial charge on any atom is 0.271 e. The van der Waals surface area contributed by atoms with Gasteiger partial charge in [0.1, 0.15) is 5.75 Å². The second kappa shape index (κ2) is 9.07. The van der Waals surface area contributed by atoms with Crippen molar-refractivity contribution in [3.8, 4) is 5.75 Å². The first-order chi connectivity index (χ1) is 12.8. The molecule has 7 heteroatoms. The Bertz CT molecular complexity index is 759. The van der Waals surface area contributed by atoms with Crippen LogP contribution in [-0.4, -0.2) is 55.4 Å². The van der Waals surface area contributed by atoms with Crippen molar-refractivity contribution in [2.24, 2.45) is 5.10 Å². The fraction of sp³-hybridized carbons (Fsp3) is 0.316. The van der Waals surface area contributed by atoms with Gasteiger partial charge < -0.3 is 9.47 Å². The number of carbonyl (C=O) groups excluding carboxylic acids is 1. The maximum absolute atomic E-state index is 12.0. The van der Waals surface area contributed by atoms with Crippen LogP contribution in [0.4, 0.5) is 0 Å².